The average molecular weight is 177 g/mol. The van der Waals surface area contributed by atoms with Crippen molar-refractivity contribution in [2.45, 2.75) is 6.92 Å². The standard InChI is InChI=1S/C8H7N3O2/c1-5-4-6(10-9-5)11-7(12)2-3-8(11)13/h2-4H,1H3,(H,9,10). The van der Waals surface area contributed by atoms with Gasteiger partial charge in [-0.15, -0.1) is 0 Å². The van der Waals surface area contributed by atoms with Crippen LogP contribution in [-0.4, -0.2) is 22.0 Å². The molecule has 1 N–H and O–H groups in total. The lowest BCUT2D eigenvalue weighted by Gasteiger charge is -2.08. The van der Waals surface area contributed by atoms with Crippen molar-refractivity contribution in [3.05, 3.63) is 23.9 Å². The van der Waals surface area contributed by atoms with E-state index in [0.29, 0.717) is 5.82 Å². The molecule has 2 amide bonds. The third kappa shape index (κ3) is 1.14. The number of hydrogen-bond donors (Lipinski definition) is 1. The number of carbonyl (C=O) groups is 2. The summed E-state index contributed by atoms with van der Waals surface area (Å²) in [6, 6.07) is 1.64. The number of imide groups is 1. The number of nitrogens with one attached hydrogen (secondary N) is 1. The van der Waals surface area contributed by atoms with E-state index in [-0.39, 0.29) is 11.8 Å². The van der Waals surface area contributed by atoms with Crippen molar-refractivity contribution in [2.75, 3.05) is 4.90 Å². The van der Waals surface area contributed by atoms with Crippen LogP contribution in [0.25, 0.3) is 0 Å². The molecule has 0 radical (unpaired) electrons. The van der Waals surface area contributed by atoms with E-state index in [1.54, 1.807) is 13.0 Å². The summed E-state index contributed by atoms with van der Waals surface area (Å²) in [5.74, 6) is -0.356. The van der Waals surface area contributed by atoms with E-state index in [1.807, 2.05) is 0 Å². The number of rotatable bonds is 1. The van der Waals surface area contributed by atoms with Crippen molar-refractivity contribution >= 4 is 17.6 Å². The molecule has 5 heteroatoms. The highest BCUT2D eigenvalue weighted by Gasteiger charge is 2.26. The quantitative estimate of drug-likeness (QED) is 0.621. The van der Waals surface area contributed by atoms with Gasteiger partial charge in [-0.2, -0.15) is 5.10 Å². The Balaban J connectivity index is 2.37. The summed E-state index contributed by atoms with van der Waals surface area (Å²) < 4.78 is 0. The van der Waals surface area contributed by atoms with Crippen molar-refractivity contribution in [3.63, 3.8) is 0 Å². The third-order valence-corrected chi connectivity index (χ3v) is 1.73. The lowest BCUT2D eigenvalue weighted by molar-refractivity contribution is -0.120. The van der Waals surface area contributed by atoms with Crippen molar-refractivity contribution in [3.8, 4) is 0 Å². The number of H-pyrrole nitrogens is 1. The fourth-order valence-corrected chi connectivity index (χ4v) is 1.14. The molecular formula is C8H7N3O2. The summed E-state index contributed by atoms with van der Waals surface area (Å²) in [7, 11) is 0. The molecule has 1 aliphatic heterocycles. The minimum Gasteiger partial charge on any atom is -0.281 e. The van der Waals surface area contributed by atoms with Crippen LogP contribution in [0.1, 0.15) is 5.69 Å². The maximum atomic E-state index is 11.2. The monoisotopic (exact) mass is 177 g/mol. The zero-order valence-electron chi connectivity index (χ0n) is 6.94. The molecule has 0 atom stereocenters. The minimum atomic E-state index is -0.350. The van der Waals surface area contributed by atoms with Gasteiger partial charge in [0.2, 0.25) is 0 Å². The van der Waals surface area contributed by atoms with Crippen molar-refractivity contribution in [1.29, 1.82) is 0 Å². The van der Waals surface area contributed by atoms with E-state index in [9.17, 15) is 9.59 Å². The normalized spacial score (nSPS) is 15.9. The minimum absolute atomic E-state index is 0.345. The Bertz CT molecular complexity index is 387. The molecule has 0 fully saturated rings. The van der Waals surface area contributed by atoms with Crippen LogP contribution in [0.3, 0.4) is 0 Å². The summed E-state index contributed by atoms with van der Waals surface area (Å²) in [6.07, 6.45) is 2.46. The van der Waals surface area contributed by atoms with Gasteiger partial charge in [-0.1, -0.05) is 0 Å². The fourth-order valence-electron chi connectivity index (χ4n) is 1.14. The lowest BCUT2D eigenvalue weighted by Crippen LogP contribution is -2.29. The Labute approximate surface area is 74.0 Å². The van der Waals surface area contributed by atoms with Gasteiger partial charge in [-0.3, -0.25) is 14.7 Å². The number of amides is 2. The highest BCUT2D eigenvalue weighted by Crippen LogP contribution is 2.16. The van der Waals surface area contributed by atoms with Gasteiger partial charge in [0.25, 0.3) is 11.8 Å². The Morgan fingerprint density at radius 1 is 1.31 bits per heavy atom. The molecule has 0 bridgehead atoms. The van der Waals surface area contributed by atoms with Gasteiger partial charge < -0.3 is 0 Å². The molecule has 2 rings (SSSR count). The number of aryl methyl sites for hydroxylation is 1. The van der Waals surface area contributed by atoms with Crippen LogP contribution in [-0.2, 0) is 9.59 Å². The molecule has 2 heterocycles. The van der Waals surface area contributed by atoms with Crippen LogP contribution in [0.4, 0.5) is 5.82 Å². The molecular weight excluding hydrogens is 170 g/mol. The maximum Gasteiger partial charge on any atom is 0.259 e. The second-order valence-corrected chi connectivity index (χ2v) is 2.75. The zero-order chi connectivity index (χ0) is 9.42. The Morgan fingerprint density at radius 2 is 1.92 bits per heavy atom. The zero-order valence-corrected chi connectivity index (χ0v) is 6.94. The van der Waals surface area contributed by atoms with Gasteiger partial charge in [0, 0.05) is 23.9 Å². The molecule has 1 aliphatic rings. The highest BCUT2D eigenvalue weighted by atomic mass is 16.2. The molecule has 0 unspecified atom stereocenters. The van der Waals surface area contributed by atoms with Gasteiger partial charge in [0.05, 0.1) is 0 Å². The topological polar surface area (TPSA) is 66.1 Å². The molecule has 0 spiro atoms. The van der Waals surface area contributed by atoms with Crippen LogP contribution in [0.2, 0.25) is 0 Å². The molecule has 66 valence electrons. The van der Waals surface area contributed by atoms with E-state index >= 15 is 0 Å². The van der Waals surface area contributed by atoms with Crippen molar-refractivity contribution < 1.29 is 9.59 Å². The maximum absolute atomic E-state index is 11.2. The molecule has 0 saturated heterocycles. The van der Waals surface area contributed by atoms with E-state index < -0.39 is 0 Å². The summed E-state index contributed by atoms with van der Waals surface area (Å²) in [5, 5.41) is 6.48. The number of aromatic amines is 1. The number of anilines is 1. The van der Waals surface area contributed by atoms with Crippen molar-refractivity contribution in [1.82, 2.24) is 10.2 Å². The molecule has 0 aromatic carbocycles. The van der Waals surface area contributed by atoms with Crippen molar-refractivity contribution in [2.24, 2.45) is 0 Å². The first-order valence-electron chi connectivity index (χ1n) is 3.76. The SMILES string of the molecule is Cc1cc(N2C(=O)C=CC2=O)n[nH]1. The number of hydrogen-bond acceptors (Lipinski definition) is 3. The summed E-state index contributed by atoms with van der Waals surface area (Å²) in [4.78, 5) is 23.3. The van der Waals surface area contributed by atoms with E-state index in [0.717, 1.165) is 10.6 Å². The number of aromatic nitrogens is 2. The first kappa shape index (κ1) is 7.72. The van der Waals surface area contributed by atoms with Gasteiger partial charge in [0.1, 0.15) is 0 Å². The van der Waals surface area contributed by atoms with Crippen LogP contribution in [0.5, 0.6) is 0 Å². The van der Waals surface area contributed by atoms with Crippen LogP contribution < -0.4 is 4.90 Å². The predicted molar refractivity (Wildman–Crippen MR) is 45.0 cm³/mol. The molecule has 1 aromatic heterocycles. The van der Waals surface area contributed by atoms with E-state index in [2.05, 4.69) is 10.2 Å². The third-order valence-electron chi connectivity index (χ3n) is 1.73. The first-order valence-corrected chi connectivity index (χ1v) is 3.76. The van der Waals surface area contributed by atoms with Gasteiger partial charge in [-0.25, -0.2) is 4.90 Å². The Hall–Kier alpha value is -1.91. The van der Waals surface area contributed by atoms with Gasteiger partial charge in [-0.05, 0) is 6.92 Å². The molecule has 1 aromatic rings. The smallest absolute Gasteiger partial charge is 0.259 e. The van der Waals surface area contributed by atoms with Gasteiger partial charge in [0.15, 0.2) is 5.82 Å². The Kier molecular flexibility index (Phi) is 1.51. The number of carbonyl (C=O) groups excluding carboxylic acids is 2. The van der Waals surface area contributed by atoms with Crippen LogP contribution in [0.15, 0.2) is 18.2 Å². The Morgan fingerprint density at radius 3 is 2.38 bits per heavy atom. The second kappa shape index (κ2) is 2.55. The van der Waals surface area contributed by atoms with Gasteiger partial charge >= 0.3 is 0 Å². The summed E-state index contributed by atoms with van der Waals surface area (Å²) in [6.45, 7) is 1.80. The van der Waals surface area contributed by atoms with Crippen LogP contribution in [0, 0.1) is 6.92 Å². The average Bonchev–Trinajstić information content (AvgIpc) is 2.60. The highest BCUT2D eigenvalue weighted by molar-refractivity contribution is 6.27. The summed E-state index contributed by atoms with van der Waals surface area (Å²) >= 11 is 0. The second-order valence-electron chi connectivity index (χ2n) is 2.75. The molecule has 0 aliphatic carbocycles. The summed E-state index contributed by atoms with van der Waals surface area (Å²) in [5.41, 5.74) is 0.808. The predicted octanol–water partition coefficient (Wildman–Crippen LogP) is 0.148. The van der Waals surface area contributed by atoms with E-state index in [4.69, 9.17) is 0 Å². The fraction of sp³-hybridized carbons (Fsp3) is 0.125. The molecule has 0 saturated carbocycles. The largest absolute Gasteiger partial charge is 0.281 e. The lowest BCUT2D eigenvalue weighted by atomic mass is 10.4. The molecule has 5 nitrogen and oxygen atoms in total. The van der Waals surface area contributed by atoms with Crippen LogP contribution >= 0.6 is 0 Å². The molecule has 13 heavy (non-hydrogen) atoms. The number of nitrogens with zero attached hydrogens (tertiary/aromatic N) is 2. The first-order chi connectivity index (χ1) is 6.18. The van der Waals surface area contributed by atoms with E-state index in [1.165, 1.54) is 12.2 Å².